The fourth-order valence-corrected chi connectivity index (χ4v) is 2.56. The molecule has 0 bridgehead atoms. The molecule has 112 valence electrons. The summed E-state index contributed by atoms with van der Waals surface area (Å²) in [5.41, 5.74) is 0.607. The molecule has 1 atom stereocenters. The molecule has 1 aliphatic rings. The Labute approximate surface area is 121 Å². The first-order chi connectivity index (χ1) is 9.43. The Hall–Kier alpha value is -1.36. The number of hydrogen-bond donors (Lipinski definition) is 2. The molecule has 1 aromatic rings. The third kappa shape index (κ3) is 3.20. The average molecular weight is 278 g/mol. The number of anilines is 1. The van der Waals surface area contributed by atoms with Crippen molar-refractivity contribution in [2.24, 2.45) is 5.41 Å². The fraction of sp³-hybridized carbons (Fsp3) is 0.733. The van der Waals surface area contributed by atoms with Crippen LogP contribution in [0.1, 0.15) is 56.4 Å². The molecule has 0 amide bonds. The van der Waals surface area contributed by atoms with Gasteiger partial charge in [-0.2, -0.15) is 9.78 Å². The second-order valence-corrected chi connectivity index (χ2v) is 6.55. The van der Waals surface area contributed by atoms with Gasteiger partial charge in [0.05, 0.1) is 5.69 Å². The highest BCUT2D eigenvalue weighted by atomic mass is 16.2. The summed E-state index contributed by atoms with van der Waals surface area (Å²) in [4.78, 5) is 12.5. The molecule has 0 radical (unpaired) electrons. The van der Waals surface area contributed by atoms with E-state index in [0.29, 0.717) is 5.92 Å². The maximum atomic E-state index is 12.5. The van der Waals surface area contributed by atoms with Crippen molar-refractivity contribution in [1.29, 1.82) is 0 Å². The standard InChI is InChI=1S/C15H26N4O/c1-15(2,3)14(20)19-13(16-4)10-12(18-19)11-6-5-8-17-9-7-11/h10-11,16-17H,5-9H2,1-4H3. The summed E-state index contributed by atoms with van der Waals surface area (Å²) in [5.74, 6) is 1.27. The summed E-state index contributed by atoms with van der Waals surface area (Å²) in [6.45, 7) is 7.87. The van der Waals surface area contributed by atoms with Crippen LogP contribution in [0.3, 0.4) is 0 Å². The zero-order chi connectivity index (χ0) is 14.8. The quantitative estimate of drug-likeness (QED) is 0.872. The number of carbonyl (C=O) groups is 1. The van der Waals surface area contributed by atoms with Crippen LogP contribution in [0.25, 0.3) is 0 Å². The molecule has 1 aromatic heterocycles. The maximum Gasteiger partial charge on any atom is 0.254 e. The fourth-order valence-electron chi connectivity index (χ4n) is 2.56. The van der Waals surface area contributed by atoms with Gasteiger partial charge in [0.2, 0.25) is 0 Å². The van der Waals surface area contributed by atoms with Gasteiger partial charge in [-0.1, -0.05) is 20.8 Å². The number of hydrogen-bond acceptors (Lipinski definition) is 4. The van der Waals surface area contributed by atoms with Crippen LogP contribution in [0.15, 0.2) is 6.07 Å². The van der Waals surface area contributed by atoms with Crippen LogP contribution in [0.4, 0.5) is 5.82 Å². The molecule has 2 rings (SSSR count). The highest BCUT2D eigenvalue weighted by Gasteiger charge is 2.28. The normalized spacial score (nSPS) is 20.5. The highest BCUT2D eigenvalue weighted by Crippen LogP contribution is 2.28. The molecule has 20 heavy (non-hydrogen) atoms. The van der Waals surface area contributed by atoms with Gasteiger partial charge >= 0.3 is 0 Å². The van der Waals surface area contributed by atoms with Gasteiger partial charge < -0.3 is 10.6 Å². The molecular formula is C15H26N4O. The largest absolute Gasteiger partial charge is 0.373 e. The molecule has 1 aliphatic heterocycles. The van der Waals surface area contributed by atoms with Crippen LogP contribution < -0.4 is 10.6 Å². The summed E-state index contributed by atoms with van der Waals surface area (Å²) in [6, 6.07) is 2.03. The molecule has 2 N–H and O–H groups in total. The minimum Gasteiger partial charge on any atom is -0.373 e. The molecule has 1 unspecified atom stereocenters. The number of nitrogens with one attached hydrogen (secondary N) is 2. The Balaban J connectivity index is 2.28. The predicted molar refractivity (Wildman–Crippen MR) is 81.3 cm³/mol. The van der Waals surface area contributed by atoms with Crippen molar-refractivity contribution in [3.63, 3.8) is 0 Å². The van der Waals surface area contributed by atoms with Crippen LogP contribution in [0.2, 0.25) is 0 Å². The van der Waals surface area contributed by atoms with E-state index in [9.17, 15) is 4.79 Å². The van der Waals surface area contributed by atoms with E-state index < -0.39 is 5.41 Å². The Morgan fingerprint density at radius 2 is 2.15 bits per heavy atom. The minimum atomic E-state index is -0.431. The Kier molecular flexibility index (Phi) is 4.48. The van der Waals surface area contributed by atoms with Crippen LogP contribution in [-0.2, 0) is 0 Å². The topological polar surface area (TPSA) is 59.0 Å². The first-order valence-corrected chi connectivity index (χ1v) is 7.46. The summed E-state index contributed by atoms with van der Waals surface area (Å²) in [5, 5.41) is 11.1. The zero-order valence-corrected chi connectivity index (χ0v) is 13.0. The number of aromatic nitrogens is 2. The molecule has 0 aliphatic carbocycles. The summed E-state index contributed by atoms with van der Waals surface area (Å²) >= 11 is 0. The zero-order valence-electron chi connectivity index (χ0n) is 13.0. The van der Waals surface area contributed by atoms with Crippen LogP contribution in [0, 0.1) is 5.41 Å². The third-order valence-electron chi connectivity index (χ3n) is 3.81. The number of carbonyl (C=O) groups excluding carboxylic acids is 1. The molecule has 0 aromatic carbocycles. The van der Waals surface area contributed by atoms with Gasteiger partial charge in [0.1, 0.15) is 5.82 Å². The van der Waals surface area contributed by atoms with E-state index in [0.717, 1.165) is 37.4 Å². The monoisotopic (exact) mass is 278 g/mol. The van der Waals surface area contributed by atoms with E-state index in [-0.39, 0.29) is 5.91 Å². The van der Waals surface area contributed by atoms with Crippen molar-refractivity contribution in [3.05, 3.63) is 11.8 Å². The smallest absolute Gasteiger partial charge is 0.254 e. The lowest BCUT2D eigenvalue weighted by molar-refractivity contribution is 0.0751. The maximum absolute atomic E-state index is 12.5. The summed E-state index contributed by atoms with van der Waals surface area (Å²) < 4.78 is 1.54. The lowest BCUT2D eigenvalue weighted by atomic mass is 9.96. The molecule has 0 spiro atoms. The van der Waals surface area contributed by atoms with Crippen molar-refractivity contribution in [1.82, 2.24) is 15.1 Å². The van der Waals surface area contributed by atoms with Crippen LogP contribution >= 0.6 is 0 Å². The van der Waals surface area contributed by atoms with E-state index >= 15 is 0 Å². The number of nitrogens with zero attached hydrogens (tertiary/aromatic N) is 2. The van der Waals surface area contributed by atoms with Gasteiger partial charge in [-0.15, -0.1) is 0 Å². The predicted octanol–water partition coefficient (Wildman–Crippen LogP) is 2.47. The van der Waals surface area contributed by atoms with Gasteiger partial charge in [0.25, 0.3) is 5.91 Å². The van der Waals surface area contributed by atoms with E-state index in [1.165, 1.54) is 11.1 Å². The van der Waals surface area contributed by atoms with Gasteiger partial charge in [-0.25, -0.2) is 0 Å². The second-order valence-electron chi connectivity index (χ2n) is 6.55. The Morgan fingerprint density at radius 1 is 1.40 bits per heavy atom. The third-order valence-corrected chi connectivity index (χ3v) is 3.81. The molecular weight excluding hydrogens is 252 g/mol. The van der Waals surface area contributed by atoms with Crippen molar-refractivity contribution in [3.8, 4) is 0 Å². The van der Waals surface area contributed by atoms with Crippen molar-refractivity contribution < 1.29 is 4.79 Å². The number of rotatable bonds is 2. The Morgan fingerprint density at radius 3 is 2.80 bits per heavy atom. The molecule has 5 nitrogen and oxygen atoms in total. The van der Waals surface area contributed by atoms with Crippen LogP contribution in [0.5, 0.6) is 0 Å². The first kappa shape index (κ1) is 15.0. The van der Waals surface area contributed by atoms with Crippen LogP contribution in [-0.4, -0.2) is 35.8 Å². The van der Waals surface area contributed by atoms with E-state index in [2.05, 4.69) is 15.7 Å². The molecule has 1 fully saturated rings. The minimum absolute atomic E-state index is 0.0276. The second kappa shape index (κ2) is 5.95. The molecule has 2 heterocycles. The summed E-state index contributed by atoms with van der Waals surface area (Å²) in [7, 11) is 1.84. The lowest BCUT2D eigenvalue weighted by Gasteiger charge is -2.17. The van der Waals surface area contributed by atoms with Gasteiger partial charge in [-0.05, 0) is 32.4 Å². The lowest BCUT2D eigenvalue weighted by Crippen LogP contribution is -2.28. The van der Waals surface area contributed by atoms with E-state index in [4.69, 9.17) is 0 Å². The van der Waals surface area contributed by atoms with E-state index in [1.807, 2.05) is 33.9 Å². The summed E-state index contributed by atoms with van der Waals surface area (Å²) in [6.07, 6.45) is 3.39. The Bertz CT molecular complexity index is 465. The van der Waals surface area contributed by atoms with Crippen molar-refractivity contribution in [2.45, 2.75) is 46.0 Å². The SMILES string of the molecule is CNc1cc(C2CCCNCC2)nn1C(=O)C(C)(C)C. The van der Waals surface area contributed by atoms with Crippen molar-refractivity contribution in [2.75, 3.05) is 25.5 Å². The first-order valence-electron chi connectivity index (χ1n) is 7.46. The molecule has 0 saturated carbocycles. The molecule has 1 saturated heterocycles. The van der Waals surface area contributed by atoms with Gasteiger partial charge in [-0.3, -0.25) is 4.79 Å². The highest BCUT2D eigenvalue weighted by molar-refractivity contribution is 5.86. The average Bonchev–Trinajstić information content (AvgIpc) is 2.63. The van der Waals surface area contributed by atoms with Gasteiger partial charge in [0, 0.05) is 24.4 Å². The molecule has 5 heteroatoms. The van der Waals surface area contributed by atoms with Crippen molar-refractivity contribution >= 4 is 11.7 Å². The van der Waals surface area contributed by atoms with Gasteiger partial charge in [0.15, 0.2) is 0 Å². The van der Waals surface area contributed by atoms with E-state index in [1.54, 1.807) is 0 Å².